The van der Waals surface area contributed by atoms with E-state index in [0.717, 1.165) is 98.9 Å². The van der Waals surface area contributed by atoms with Gasteiger partial charge in [0.2, 0.25) is 17.6 Å². The topological polar surface area (TPSA) is 147 Å². The molecule has 3 N–H and O–H groups in total. The molecule has 3 aromatic carbocycles. The lowest BCUT2D eigenvalue weighted by molar-refractivity contribution is -0.135. The van der Waals surface area contributed by atoms with Crippen LogP contribution in [-0.2, 0) is 23.1 Å². The Bertz CT molecular complexity index is 2430. The summed E-state index contributed by atoms with van der Waals surface area (Å²) in [6.45, 7) is 4.89. The molecule has 5 aromatic rings. The number of imidazole rings is 1. The number of hydrogen-bond acceptors (Lipinski definition) is 8. The summed E-state index contributed by atoms with van der Waals surface area (Å²) >= 11 is 0. The molecule has 1 atom stereocenters. The lowest BCUT2D eigenvalue weighted by atomic mass is 9.86. The Balaban J connectivity index is 0.00000512. The zero-order chi connectivity index (χ0) is 40.0. The number of imide groups is 1. The summed E-state index contributed by atoms with van der Waals surface area (Å²) in [5.41, 5.74) is 3.63. The predicted octanol–water partition coefficient (Wildman–Crippen LogP) is 5.13. The number of anilines is 1. The van der Waals surface area contributed by atoms with Gasteiger partial charge in [-0.15, -0.1) is 12.4 Å². The third kappa shape index (κ3) is 8.04. The van der Waals surface area contributed by atoms with E-state index in [1.54, 1.807) is 11.6 Å². The molecule has 0 unspecified atom stereocenters. The molecule has 3 fully saturated rings. The number of phenols is 1. The van der Waals surface area contributed by atoms with Gasteiger partial charge in [0.15, 0.2) is 17.4 Å². The molecule has 3 amide bonds. The number of halogens is 4. The minimum atomic E-state index is -1.78. The van der Waals surface area contributed by atoms with Gasteiger partial charge in [-0.3, -0.25) is 38.4 Å². The number of benzene rings is 3. The monoisotopic (exact) mass is 822 g/mol. The van der Waals surface area contributed by atoms with Gasteiger partial charge in [0.1, 0.15) is 6.04 Å². The van der Waals surface area contributed by atoms with Crippen LogP contribution in [-0.4, -0.2) is 85.9 Å². The van der Waals surface area contributed by atoms with E-state index in [2.05, 4.69) is 44.8 Å². The van der Waals surface area contributed by atoms with Gasteiger partial charge in [-0.2, -0.15) is 9.49 Å². The van der Waals surface area contributed by atoms with Crippen LogP contribution < -0.4 is 21.2 Å². The van der Waals surface area contributed by atoms with Crippen molar-refractivity contribution in [1.29, 1.82) is 0 Å². The maximum Gasteiger partial charge on any atom is 0.329 e. The Morgan fingerprint density at radius 1 is 0.931 bits per heavy atom. The predicted molar refractivity (Wildman–Crippen MR) is 214 cm³/mol. The number of phenolic OH excluding ortho intramolecular Hbond substituents is 1. The van der Waals surface area contributed by atoms with Crippen molar-refractivity contribution >= 4 is 57.8 Å². The van der Waals surface area contributed by atoms with Crippen molar-refractivity contribution in [3.05, 3.63) is 87.7 Å². The number of aromatic nitrogens is 4. The molecule has 13 nitrogen and oxygen atoms in total. The Hall–Kier alpha value is -5.35. The number of piperazine rings is 1. The summed E-state index contributed by atoms with van der Waals surface area (Å²) in [5, 5.41) is 20.2. The van der Waals surface area contributed by atoms with Crippen LogP contribution in [0, 0.1) is 23.4 Å². The van der Waals surface area contributed by atoms with Crippen molar-refractivity contribution in [3.8, 4) is 5.75 Å². The Morgan fingerprint density at radius 2 is 1.69 bits per heavy atom. The number of carbonyl (C=O) groups is 3. The average Bonchev–Trinajstić information content (AvgIpc) is 3.75. The van der Waals surface area contributed by atoms with E-state index in [1.165, 1.54) is 4.57 Å². The largest absolute Gasteiger partial charge is 0.503 e. The Kier molecular flexibility index (Phi) is 11.9. The first-order chi connectivity index (χ1) is 27.4. The molecule has 1 saturated carbocycles. The highest BCUT2D eigenvalue weighted by molar-refractivity contribution is 6.00. The number of aryl methyl sites for hydroxylation is 2. The quantitative estimate of drug-likeness (QED) is 0.130. The van der Waals surface area contributed by atoms with Gasteiger partial charge in [0, 0.05) is 63.5 Å². The molecule has 0 bridgehead atoms. The number of fused-ring (bicyclic) bond motifs is 2. The van der Waals surface area contributed by atoms with E-state index in [9.17, 15) is 37.5 Å². The zero-order valence-corrected chi connectivity index (χ0v) is 32.9. The minimum absolute atomic E-state index is 0. The van der Waals surface area contributed by atoms with Crippen molar-refractivity contribution in [2.45, 2.75) is 63.5 Å². The Labute approximate surface area is 338 Å². The van der Waals surface area contributed by atoms with Gasteiger partial charge in [-0.05, 0) is 99.4 Å². The van der Waals surface area contributed by atoms with E-state index in [0.29, 0.717) is 18.0 Å². The second-order valence-corrected chi connectivity index (χ2v) is 15.6. The van der Waals surface area contributed by atoms with Gasteiger partial charge < -0.3 is 15.3 Å². The van der Waals surface area contributed by atoms with Crippen LogP contribution in [0.4, 0.5) is 18.9 Å². The van der Waals surface area contributed by atoms with E-state index in [4.69, 9.17) is 5.10 Å². The lowest BCUT2D eigenvalue weighted by Crippen LogP contribution is -2.46. The summed E-state index contributed by atoms with van der Waals surface area (Å²) in [6.07, 6.45) is 7.70. The molecule has 8 rings (SSSR count). The molecule has 4 heterocycles. The van der Waals surface area contributed by atoms with Gasteiger partial charge in [0.25, 0.3) is 5.91 Å². The molecule has 0 spiro atoms. The van der Waals surface area contributed by atoms with Crippen molar-refractivity contribution in [2.24, 2.45) is 13.0 Å². The molecule has 58 heavy (non-hydrogen) atoms. The first-order valence-corrected chi connectivity index (χ1v) is 19.6. The standard InChI is InChI=1S/C41H45F3N8O5.ClH/c1-48-34-19-24(6-11-32(34)52(41(48)57)33-12-13-35(53)46-40(33)56)3-2-14-49-15-17-50(18-16-49)28-10-7-26-23-51(47-31(26)20-28)27-8-4-25(5-9-27)22-45-39(55)29-21-30(42)38(54)37(44)36(29)43;/h6-7,10-11,19-21,23,25,27,33,54H,2-5,8-9,12-18,22H2,1H3,(H,45,55)(H,46,53,56);1H/t25?,27?,33-;/m1./s1. The van der Waals surface area contributed by atoms with Crippen molar-refractivity contribution < 1.29 is 32.7 Å². The molecule has 2 aromatic heterocycles. The van der Waals surface area contributed by atoms with Gasteiger partial charge >= 0.3 is 5.69 Å². The molecule has 2 saturated heterocycles. The number of amides is 3. The fourth-order valence-corrected chi connectivity index (χ4v) is 8.63. The van der Waals surface area contributed by atoms with Crippen molar-refractivity contribution in [1.82, 2.24) is 34.4 Å². The first kappa shape index (κ1) is 40.8. The van der Waals surface area contributed by atoms with Crippen LogP contribution in [0.2, 0.25) is 0 Å². The highest BCUT2D eigenvalue weighted by atomic mass is 35.5. The van der Waals surface area contributed by atoms with E-state index in [-0.39, 0.29) is 48.9 Å². The highest BCUT2D eigenvalue weighted by Crippen LogP contribution is 2.34. The average molecular weight is 823 g/mol. The number of nitrogens with one attached hydrogen (secondary N) is 2. The normalized spacial score (nSPS) is 20.3. The number of rotatable bonds is 10. The van der Waals surface area contributed by atoms with Crippen LogP contribution in [0.15, 0.2) is 53.5 Å². The summed E-state index contributed by atoms with van der Waals surface area (Å²) in [6, 6.07) is 12.4. The number of piperidine rings is 1. The number of hydrogen-bond donors (Lipinski definition) is 3. The van der Waals surface area contributed by atoms with E-state index in [1.807, 2.05) is 22.9 Å². The molecular weight excluding hydrogens is 777 g/mol. The van der Waals surface area contributed by atoms with E-state index >= 15 is 0 Å². The van der Waals surface area contributed by atoms with Gasteiger partial charge in [-0.25, -0.2) is 13.6 Å². The SMILES string of the molecule is Cl.Cn1c(=O)n([C@@H]2CCC(=O)NC2=O)c2ccc(CCCN3CCN(c4ccc5cn(C6CCC(CNC(=O)c7cc(F)c(O)c(F)c7F)CC6)nc5c4)CC3)cc21. The van der Waals surface area contributed by atoms with Crippen molar-refractivity contribution in [2.75, 3.05) is 44.2 Å². The van der Waals surface area contributed by atoms with Crippen molar-refractivity contribution in [3.63, 3.8) is 0 Å². The molecule has 17 heteroatoms. The smallest absolute Gasteiger partial charge is 0.329 e. The zero-order valence-electron chi connectivity index (χ0n) is 32.1. The van der Waals surface area contributed by atoms with Crippen LogP contribution >= 0.6 is 12.4 Å². The van der Waals surface area contributed by atoms with Crippen LogP contribution in [0.5, 0.6) is 5.75 Å². The molecule has 308 valence electrons. The summed E-state index contributed by atoms with van der Waals surface area (Å²) in [5.74, 6) is -7.74. The maximum atomic E-state index is 14.1. The Morgan fingerprint density at radius 3 is 2.43 bits per heavy atom. The summed E-state index contributed by atoms with van der Waals surface area (Å²) in [7, 11) is 1.71. The summed E-state index contributed by atoms with van der Waals surface area (Å²) < 4.78 is 46.7. The number of aromatic hydroxyl groups is 1. The summed E-state index contributed by atoms with van der Waals surface area (Å²) in [4.78, 5) is 54.6. The third-order valence-corrected chi connectivity index (χ3v) is 12.0. The van der Waals surface area contributed by atoms with Crippen LogP contribution in [0.3, 0.4) is 0 Å². The molecular formula is C41H46ClF3N8O5. The lowest BCUT2D eigenvalue weighted by Gasteiger charge is -2.36. The molecule has 1 aliphatic carbocycles. The molecule has 3 aliphatic rings. The van der Waals surface area contributed by atoms with Gasteiger partial charge in [-0.1, -0.05) is 6.07 Å². The second-order valence-electron chi connectivity index (χ2n) is 15.6. The number of carbonyl (C=O) groups excluding carboxylic acids is 3. The number of nitrogens with zero attached hydrogens (tertiary/aromatic N) is 6. The highest BCUT2D eigenvalue weighted by Gasteiger charge is 2.32. The maximum absolute atomic E-state index is 14.1. The third-order valence-electron chi connectivity index (χ3n) is 12.0. The first-order valence-electron chi connectivity index (χ1n) is 19.6. The van der Waals surface area contributed by atoms with Crippen LogP contribution in [0.1, 0.15) is 73.0 Å². The molecule has 2 aliphatic heterocycles. The fourth-order valence-electron chi connectivity index (χ4n) is 8.63. The fraction of sp³-hybridized carbons (Fsp3) is 0.439. The van der Waals surface area contributed by atoms with Gasteiger partial charge in [0.05, 0.1) is 28.2 Å². The minimum Gasteiger partial charge on any atom is -0.503 e. The van der Waals surface area contributed by atoms with Crippen LogP contribution in [0.25, 0.3) is 21.9 Å². The van der Waals surface area contributed by atoms with E-state index < -0.39 is 46.6 Å². The molecule has 0 radical (unpaired) electrons. The second kappa shape index (κ2) is 16.9.